The lowest BCUT2D eigenvalue weighted by Gasteiger charge is -2.24. The van der Waals surface area contributed by atoms with Crippen LogP contribution in [0.4, 0.5) is 0 Å². The van der Waals surface area contributed by atoms with Crippen molar-refractivity contribution in [3.63, 3.8) is 0 Å². The van der Waals surface area contributed by atoms with E-state index in [1.54, 1.807) is 0 Å². The molecule has 0 saturated heterocycles. The Morgan fingerprint density at radius 1 is 0.542 bits per heavy atom. The Hall–Kier alpha value is -2.28. The van der Waals surface area contributed by atoms with Gasteiger partial charge in [-0.3, -0.25) is 40.9 Å². The van der Waals surface area contributed by atoms with Crippen molar-refractivity contribution in [2.24, 2.45) is 58.9 Å². The van der Waals surface area contributed by atoms with Crippen molar-refractivity contribution in [2.45, 2.75) is 12.8 Å². The first kappa shape index (κ1) is 18.1. The lowest BCUT2D eigenvalue weighted by atomic mass is 9.81. The third kappa shape index (κ3) is 2.80. The maximum absolute atomic E-state index is 12.1. The van der Waals surface area contributed by atoms with Gasteiger partial charge in [0.15, 0.2) is 0 Å². The Morgan fingerprint density at radius 3 is 0.917 bits per heavy atom. The van der Waals surface area contributed by atoms with E-state index in [1.807, 2.05) is 21.7 Å². The third-order valence-electron chi connectivity index (χ3n) is 5.23. The van der Waals surface area contributed by atoms with Gasteiger partial charge >= 0.3 is 0 Å². The van der Waals surface area contributed by atoms with E-state index in [0.717, 1.165) is 0 Å². The van der Waals surface area contributed by atoms with Crippen LogP contribution >= 0.6 is 0 Å². The van der Waals surface area contributed by atoms with Gasteiger partial charge in [0.25, 0.3) is 0 Å². The Kier molecular flexibility index (Phi) is 5.33. The summed E-state index contributed by atoms with van der Waals surface area (Å²) < 4.78 is 0. The molecule has 0 aromatic rings. The summed E-state index contributed by atoms with van der Waals surface area (Å²) in [6.45, 7) is 0. The molecule has 134 valence electrons. The Labute approximate surface area is 137 Å². The smallest absolute Gasteiger partial charge is 0.237 e. The van der Waals surface area contributed by atoms with Crippen LogP contribution in [0.2, 0.25) is 0 Å². The minimum atomic E-state index is -0.722. The molecule has 12 N–H and O–H groups in total. The summed E-state index contributed by atoms with van der Waals surface area (Å²) in [5.41, 5.74) is 8.17. The summed E-state index contributed by atoms with van der Waals surface area (Å²) in [7, 11) is 0. The first-order chi connectivity index (χ1) is 11.4. The molecule has 0 aliphatic heterocycles. The number of carbonyl (C=O) groups excluding carboxylic acids is 4. The number of hydrogen-bond donors (Lipinski definition) is 8. The Morgan fingerprint density at radius 2 is 0.750 bits per heavy atom. The van der Waals surface area contributed by atoms with Crippen LogP contribution in [0.5, 0.6) is 0 Å². The Bertz CT molecular complexity index is 463. The molecule has 0 aromatic heterocycles. The first-order valence-electron chi connectivity index (χ1n) is 7.43. The van der Waals surface area contributed by atoms with Crippen molar-refractivity contribution in [2.75, 3.05) is 0 Å². The topological polar surface area (TPSA) is 220 Å². The molecule has 2 rings (SSSR count). The van der Waals surface area contributed by atoms with Crippen LogP contribution in [0.25, 0.3) is 0 Å². The highest BCUT2D eigenvalue weighted by Gasteiger charge is 2.61. The van der Waals surface area contributed by atoms with Gasteiger partial charge in [-0.1, -0.05) is 0 Å². The highest BCUT2D eigenvalue weighted by Crippen LogP contribution is 2.56. The summed E-state index contributed by atoms with van der Waals surface area (Å²) in [4.78, 5) is 48.5. The highest BCUT2D eigenvalue weighted by molar-refractivity contribution is 5.89. The van der Waals surface area contributed by atoms with Gasteiger partial charge in [-0.15, -0.1) is 0 Å². The van der Waals surface area contributed by atoms with E-state index < -0.39 is 59.1 Å². The van der Waals surface area contributed by atoms with Gasteiger partial charge in [0.05, 0.1) is 0 Å². The van der Waals surface area contributed by atoms with E-state index in [4.69, 9.17) is 23.4 Å². The number of fused-ring (bicyclic) bond motifs is 1. The zero-order valence-corrected chi connectivity index (χ0v) is 12.8. The van der Waals surface area contributed by atoms with Gasteiger partial charge in [-0.2, -0.15) is 0 Å². The molecule has 12 nitrogen and oxygen atoms in total. The maximum Gasteiger partial charge on any atom is 0.237 e. The van der Waals surface area contributed by atoms with Crippen LogP contribution in [0, 0.1) is 35.5 Å². The largest absolute Gasteiger partial charge is 0.294 e. The molecule has 2 aliphatic carbocycles. The van der Waals surface area contributed by atoms with Crippen molar-refractivity contribution in [1.29, 1.82) is 0 Å². The second-order valence-corrected chi connectivity index (χ2v) is 6.09. The van der Waals surface area contributed by atoms with E-state index in [9.17, 15) is 19.2 Å². The monoisotopic (exact) mass is 342 g/mol. The second kappa shape index (κ2) is 7.09. The van der Waals surface area contributed by atoms with E-state index in [2.05, 4.69) is 0 Å². The van der Waals surface area contributed by atoms with Gasteiger partial charge in [-0.05, 0) is 24.7 Å². The van der Waals surface area contributed by atoms with Crippen LogP contribution in [0.3, 0.4) is 0 Å². The number of rotatable bonds is 4. The average molecular weight is 342 g/mol. The normalized spacial score (nSPS) is 34.2. The second-order valence-electron chi connectivity index (χ2n) is 6.09. The zero-order valence-electron chi connectivity index (χ0n) is 12.8. The molecule has 0 heterocycles. The van der Waals surface area contributed by atoms with Crippen LogP contribution in [-0.2, 0) is 19.2 Å². The van der Waals surface area contributed by atoms with Crippen molar-refractivity contribution in [1.82, 2.24) is 21.7 Å². The van der Waals surface area contributed by atoms with E-state index in [0.29, 0.717) is 0 Å². The Balaban J connectivity index is 2.46. The molecule has 0 radical (unpaired) electrons. The predicted octanol–water partition coefficient (Wildman–Crippen LogP) is -4.55. The molecule has 2 saturated carbocycles. The minimum absolute atomic E-state index is 0.115. The molecule has 24 heavy (non-hydrogen) atoms. The summed E-state index contributed by atoms with van der Waals surface area (Å²) in [6.07, 6.45) is 0.230. The van der Waals surface area contributed by atoms with Crippen molar-refractivity contribution >= 4 is 23.6 Å². The number of nitrogens with two attached hydrogens (primary N) is 4. The quantitative estimate of drug-likeness (QED) is 0.141. The lowest BCUT2D eigenvalue weighted by Crippen LogP contribution is -2.43. The average Bonchev–Trinajstić information content (AvgIpc) is 3.17. The summed E-state index contributed by atoms with van der Waals surface area (Å²) >= 11 is 0. The van der Waals surface area contributed by atoms with Gasteiger partial charge in [0, 0.05) is 23.7 Å². The first-order valence-corrected chi connectivity index (χ1v) is 7.43. The number of hydrogen-bond acceptors (Lipinski definition) is 8. The molecule has 2 fully saturated rings. The molecule has 2 unspecified atom stereocenters. The minimum Gasteiger partial charge on any atom is -0.294 e. The summed E-state index contributed by atoms with van der Waals surface area (Å²) in [5.74, 6) is 14.8. The SMILES string of the molecule is NNC(=O)[C@H]1C[C@@H](C(=O)NN)C2C1[C@H](C(=O)NN)C[C@H]2C(=O)NN. The van der Waals surface area contributed by atoms with E-state index in [1.165, 1.54) is 0 Å². The summed E-state index contributed by atoms with van der Waals surface area (Å²) in [6, 6.07) is 0. The fraction of sp³-hybridized carbons (Fsp3) is 0.667. The van der Waals surface area contributed by atoms with Gasteiger partial charge < -0.3 is 0 Å². The highest BCUT2D eigenvalue weighted by atomic mass is 16.2. The van der Waals surface area contributed by atoms with E-state index in [-0.39, 0.29) is 12.8 Å². The number of nitrogens with one attached hydrogen (secondary N) is 4. The molecule has 6 atom stereocenters. The standard InChI is InChI=1S/C12H22N8O4/c13-17-9(21)3-1-4(10(22)18-14)8-6(12(24)20-16)2-5(7(3)8)11(23)19-15/h3-8H,1-2,13-16H2,(H,17,21)(H,18,22)(H,19,23)(H,20,24)/t3-,4-,5-,6+,7?,8?/m1/s1. The molecular weight excluding hydrogens is 320 g/mol. The summed E-state index contributed by atoms with van der Waals surface area (Å²) in [5, 5.41) is 0. The van der Waals surface area contributed by atoms with E-state index >= 15 is 0 Å². The lowest BCUT2D eigenvalue weighted by molar-refractivity contribution is -0.131. The van der Waals surface area contributed by atoms with Gasteiger partial charge in [0.1, 0.15) is 0 Å². The molecule has 0 aromatic carbocycles. The zero-order chi connectivity index (χ0) is 18.0. The van der Waals surface area contributed by atoms with Crippen LogP contribution in [0.15, 0.2) is 0 Å². The third-order valence-corrected chi connectivity index (χ3v) is 5.23. The number of hydrazine groups is 4. The van der Waals surface area contributed by atoms with Gasteiger partial charge in [0.2, 0.25) is 23.6 Å². The molecule has 0 bridgehead atoms. The molecule has 4 amide bonds. The predicted molar refractivity (Wildman–Crippen MR) is 79.5 cm³/mol. The molecule has 12 heteroatoms. The number of amides is 4. The van der Waals surface area contributed by atoms with Gasteiger partial charge in [-0.25, -0.2) is 23.4 Å². The van der Waals surface area contributed by atoms with Crippen molar-refractivity contribution in [3.8, 4) is 0 Å². The number of carbonyl (C=O) groups is 4. The molecule has 0 spiro atoms. The molecule has 2 aliphatic rings. The fourth-order valence-corrected chi connectivity index (χ4v) is 4.36. The van der Waals surface area contributed by atoms with Crippen LogP contribution < -0.4 is 45.1 Å². The molecular formula is C12H22N8O4. The van der Waals surface area contributed by atoms with Crippen molar-refractivity contribution in [3.05, 3.63) is 0 Å². The van der Waals surface area contributed by atoms with Crippen LogP contribution in [0.1, 0.15) is 12.8 Å². The fourth-order valence-electron chi connectivity index (χ4n) is 4.36. The van der Waals surface area contributed by atoms with Crippen LogP contribution in [-0.4, -0.2) is 23.6 Å². The van der Waals surface area contributed by atoms with Crippen molar-refractivity contribution < 1.29 is 19.2 Å². The maximum atomic E-state index is 12.1.